The van der Waals surface area contributed by atoms with Gasteiger partial charge in [-0.1, -0.05) is 18.2 Å². The van der Waals surface area contributed by atoms with Gasteiger partial charge >= 0.3 is 0 Å². The van der Waals surface area contributed by atoms with Gasteiger partial charge in [0.25, 0.3) is 0 Å². The van der Waals surface area contributed by atoms with Crippen molar-refractivity contribution in [3.05, 3.63) is 57.1 Å². The molecule has 0 saturated carbocycles. The SMILES string of the molecule is Cc1cccc(C(Cc2ccco2)NN)c1I. The molecule has 2 rings (SSSR count). The van der Waals surface area contributed by atoms with Crippen LogP contribution in [-0.2, 0) is 6.42 Å². The topological polar surface area (TPSA) is 51.2 Å². The summed E-state index contributed by atoms with van der Waals surface area (Å²) in [6, 6.07) is 10.2. The Hall–Kier alpha value is -0.850. The fourth-order valence-corrected chi connectivity index (χ4v) is 2.56. The maximum Gasteiger partial charge on any atom is 0.105 e. The molecule has 1 aromatic heterocycles. The van der Waals surface area contributed by atoms with Crippen LogP contribution in [0.1, 0.15) is 22.9 Å². The maximum absolute atomic E-state index is 5.65. The average molecular weight is 342 g/mol. The lowest BCUT2D eigenvalue weighted by Gasteiger charge is -2.17. The molecule has 1 unspecified atom stereocenters. The minimum absolute atomic E-state index is 0.0768. The molecule has 0 saturated heterocycles. The number of hydrogen-bond donors (Lipinski definition) is 2. The molecule has 90 valence electrons. The van der Waals surface area contributed by atoms with Crippen molar-refractivity contribution in [2.45, 2.75) is 19.4 Å². The van der Waals surface area contributed by atoms with Gasteiger partial charge in [0.1, 0.15) is 5.76 Å². The second kappa shape index (κ2) is 5.66. The second-order valence-corrected chi connectivity index (χ2v) is 5.06. The van der Waals surface area contributed by atoms with Crippen LogP contribution in [0.2, 0.25) is 0 Å². The number of furan rings is 1. The molecule has 0 aliphatic heterocycles. The van der Waals surface area contributed by atoms with Gasteiger partial charge in [-0.15, -0.1) is 0 Å². The smallest absolute Gasteiger partial charge is 0.105 e. The van der Waals surface area contributed by atoms with E-state index in [1.54, 1.807) is 6.26 Å². The summed E-state index contributed by atoms with van der Waals surface area (Å²) in [6.45, 7) is 2.10. The van der Waals surface area contributed by atoms with E-state index >= 15 is 0 Å². The summed E-state index contributed by atoms with van der Waals surface area (Å²) in [6.07, 6.45) is 2.44. The summed E-state index contributed by atoms with van der Waals surface area (Å²) >= 11 is 2.36. The van der Waals surface area contributed by atoms with Gasteiger partial charge in [0.15, 0.2) is 0 Å². The first-order chi connectivity index (χ1) is 8.22. The van der Waals surface area contributed by atoms with Crippen LogP contribution in [0, 0.1) is 10.5 Å². The van der Waals surface area contributed by atoms with Gasteiger partial charge in [0.2, 0.25) is 0 Å². The molecule has 0 aliphatic carbocycles. The molecule has 3 nitrogen and oxygen atoms in total. The molecular formula is C13H15IN2O. The quantitative estimate of drug-likeness (QED) is 0.510. The number of hydrogen-bond acceptors (Lipinski definition) is 3. The lowest BCUT2D eigenvalue weighted by molar-refractivity contribution is 0.454. The van der Waals surface area contributed by atoms with E-state index in [0.29, 0.717) is 0 Å². The molecule has 2 aromatic rings. The van der Waals surface area contributed by atoms with Crippen molar-refractivity contribution in [2.24, 2.45) is 5.84 Å². The van der Waals surface area contributed by atoms with Crippen LogP contribution in [0.5, 0.6) is 0 Å². The summed E-state index contributed by atoms with van der Waals surface area (Å²) in [5, 5.41) is 0. The number of nitrogens with two attached hydrogens (primary N) is 1. The van der Waals surface area contributed by atoms with Gasteiger partial charge in [0, 0.05) is 9.99 Å². The van der Waals surface area contributed by atoms with E-state index < -0.39 is 0 Å². The lowest BCUT2D eigenvalue weighted by atomic mass is 10.0. The van der Waals surface area contributed by atoms with Crippen molar-refractivity contribution in [2.75, 3.05) is 0 Å². The highest BCUT2D eigenvalue weighted by Gasteiger charge is 2.15. The first kappa shape index (κ1) is 12.6. The number of halogens is 1. The lowest BCUT2D eigenvalue weighted by Crippen LogP contribution is -2.30. The van der Waals surface area contributed by atoms with Crippen molar-refractivity contribution in [3.63, 3.8) is 0 Å². The Morgan fingerprint density at radius 3 is 2.82 bits per heavy atom. The first-order valence-electron chi connectivity index (χ1n) is 5.46. The van der Waals surface area contributed by atoms with Crippen molar-refractivity contribution >= 4 is 22.6 Å². The van der Waals surface area contributed by atoms with Gasteiger partial charge in [-0.2, -0.15) is 0 Å². The Bertz CT molecular complexity index is 482. The van der Waals surface area contributed by atoms with Crippen LogP contribution in [0.15, 0.2) is 41.0 Å². The third kappa shape index (κ3) is 2.88. The molecule has 1 atom stereocenters. The summed E-state index contributed by atoms with van der Waals surface area (Å²) in [5.41, 5.74) is 5.34. The van der Waals surface area contributed by atoms with Crippen LogP contribution in [0.25, 0.3) is 0 Å². The molecule has 0 amide bonds. The zero-order chi connectivity index (χ0) is 12.3. The van der Waals surface area contributed by atoms with E-state index in [2.05, 4.69) is 53.1 Å². The van der Waals surface area contributed by atoms with E-state index in [4.69, 9.17) is 10.3 Å². The van der Waals surface area contributed by atoms with E-state index in [-0.39, 0.29) is 6.04 Å². The van der Waals surface area contributed by atoms with Crippen molar-refractivity contribution in [3.8, 4) is 0 Å². The Labute approximate surface area is 114 Å². The number of benzene rings is 1. The highest BCUT2D eigenvalue weighted by Crippen LogP contribution is 2.25. The Morgan fingerprint density at radius 2 is 2.18 bits per heavy atom. The summed E-state index contributed by atoms with van der Waals surface area (Å²) < 4.78 is 6.61. The molecule has 0 aliphatic rings. The fraction of sp³-hybridized carbons (Fsp3) is 0.231. The van der Waals surface area contributed by atoms with Crippen molar-refractivity contribution in [1.29, 1.82) is 0 Å². The molecule has 0 spiro atoms. The predicted molar refractivity (Wildman–Crippen MR) is 76.4 cm³/mol. The monoisotopic (exact) mass is 342 g/mol. The van der Waals surface area contributed by atoms with Gasteiger partial charge in [-0.05, 0) is 52.8 Å². The summed E-state index contributed by atoms with van der Waals surface area (Å²) in [4.78, 5) is 0. The van der Waals surface area contributed by atoms with Crippen LogP contribution in [-0.4, -0.2) is 0 Å². The first-order valence-corrected chi connectivity index (χ1v) is 6.53. The maximum atomic E-state index is 5.65. The second-order valence-electron chi connectivity index (χ2n) is 3.98. The predicted octanol–water partition coefficient (Wildman–Crippen LogP) is 2.94. The van der Waals surface area contributed by atoms with Crippen molar-refractivity contribution in [1.82, 2.24) is 5.43 Å². The molecule has 0 radical (unpaired) electrons. The zero-order valence-electron chi connectivity index (χ0n) is 9.61. The largest absolute Gasteiger partial charge is 0.469 e. The molecular weight excluding hydrogens is 327 g/mol. The van der Waals surface area contributed by atoms with Crippen LogP contribution < -0.4 is 11.3 Å². The minimum atomic E-state index is 0.0768. The zero-order valence-corrected chi connectivity index (χ0v) is 11.8. The third-order valence-electron chi connectivity index (χ3n) is 2.78. The Morgan fingerprint density at radius 1 is 1.35 bits per heavy atom. The molecule has 3 N–H and O–H groups in total. The number of nitrogens with one attached hydrogen (secondary N) is 1. The Balaban J connectivity index is 2.26. The molecule has 1 heterocycles. The average Bonchev–Trinajstić information content (AvgIpc) is 2.83. The van der Waals surface area contributed by atoms with Crippen molar-refractivity contribution < 1.29 is 4.42 Å². The third-order valence-corrected chi connectivity index (χ3v) is 4.26. The van der Waals surface area contributed by atoms with Gasteiger partial charge in [-0.3, -0.25) is 11.3 Å². The summed E-state index contributed by atoms with van der Waals surface area (Å²) in [7, 11) is 0. The van der Waals surface area contributed by atoms with E-state index in [1.165, 1.54) is 14.7 Å². The summed E-state index contributed by atoms with van der Waals surface area (Å²) in [5.74, 6) is 6.58. The highest BCUT2D eigenvalue weighted by molar-refractivity contribution is 14.1. The number of rotatable bonds is 4. The van der Waals surface area contributed by atoms with E-state index in [0.717, 1.165) is 12.2 Å². The van der Waals surface area contributed by atoms with E-state index in [9.17, 15) is 0 Å². The minimum Gasteiger partial charge on any atom is -0.469 e. The van der Waals surface area contributed by atoms with Crippen LogP contribution in [0.4, 0.5) is 0 Å². The molecule has 4 heteroatoms. The Kier molecular flexibility index (Phi) is 4.20. The number of aryl methyl sites for hydroxylation is 1. The highest BCUT2D eigenvalue weighted by atomic mass is 127. The van der Waals surface area contributed by atoms with Gasteiger partial charge in [-0.25, -0.2) is 0 Å². The van der Waals surface area contributed by atoms with Crippen LogP contribution >= 0.6 is 22.6 Å². The molecule has 17 heavy (non-hydrogen) atoms. The van der Waals surface area contributed by atoms with Gasteiger partial charge < -0.3 is 4.42 Å². The van der Waals surface area contributed by atoms with Crippen LogP contribution in [0.3, 0.4) is 0 Å². The molecule has 1 aromatic carbocycles. The molecule has 0 bridgehead atoms. The standard InChI is InChI=1S/C13H15IN2O/c1-9-4-2-6-11(13(9)14)12(16-15)8-10-5-3-7-17-10/h2-7,12,16H,8,15H2,1H3. The fourth-order valence-electron chi connectivity index (χ4n) is 1.83. The normalized spacial score (nSPS) is 12.6. The van der Waals surface area contributed by atoms with E-state index in [1.807, 2.05) is 12.1 Å². The van der Waals surface area contributed by atoms with Gasteiger partial charge in [0.05, 0.1) is 12.3 Å². The molecule has 0 fully saturated rings. The number of hydrazine groups is 1.